The zero-order valence-corrected chi connectivity index (χ0v) is 13.1. The number of nitrogens with zero attached hydrogens (tertiary/aromatic N) is 1. The van der Waals surface area contributed by atoms with E-state index in [-0.39, 0.29) is 0 Å². The van der Waals surface area contributed by atoms with Gasteiger partial charge in [-0.3, -0.25) is 4.90 Å². The maximum Gasteiger partial charge on any atom is 0.166 e. The van der Waals surface area contributed by atoms with Gasteiger partial charge in [0.2, 0.25) is 0 Å². The third kappa shape index (κ3) is 4.76. The Labute approximate surface area is 127 Å². The summed E-state index contributed by atoms with van der Waals surface area (Å²) < 4.78 is 0. The number of hydrogen-bond donors (Lipinski definition) is 2. The molecule has 1 aromatic rings. The summed E-state index contributed by atoms with van der Waals surface area (Å²) >= 11 is 5.34. The van der Waals surface area contributed by atoms with Crippen LogP contribution in [-0.4, -0.2) is 42.2 Å². The standard InChI is InChI=1S/C16H25N3S/c1-2-19-12-6-9-15(19)13-18-16(20)17-11-10-14-7-4-3-5-8-14/h3-5,7-8,15H,2,6,9-13H2,1H3,(H2,17,18,20)/t15-/m0/s1. The smallest absolute Gasteiger partial charge is 0.166 e. The van der Waals surface area contributed by atoms with Gasteiger partial charge in [0.15, 0.2) is 5.11 Å². The monoisotopic (exact) mass is 291 g/mol. The van der Waals surface area contributed by atoms with Gasteiger partial charge in [0.25, 0.3) is 0 Å². The molecule has 0 saturated carbocycles. The highest BCUT2D eigenvalue weighted by molar-refractivity contribution is 7.80. The van der Waals surface area contributed by atoms with E-state index < -0.39 is 0 Å². The van der Waals surface area contributed by atoms with Crippen molar-refractivity contribution in [3.8, 4) is 0 Å². The van der Waals surface area contributed by atoms with Crippen LogP contribution in [0.25, 0.3) is 0 Å². The van der Waals surface area contributed by atoms with E-state index in [9.17, 15) is 0 Å². The molecule has 4 heteroatoms. The second kappa shape index (κ2) is 8.22. The molecular weight excluding hydrogens is 266 g/mol. The number of rotatable bonds is 6. The van der Waals surface area contributed by atoms with Crippen LogP contribution in [0.2, 0.25) is 0 Å². The van der Waals surface area contributed by atoms with Crippen LogP contribution < -0.4 is 10.6 Å². The molecule has 1 aliphatic rings. The van der Waals surface area contributed by atoms with Crippen LogP contribution in [0.1, 0.15) is 25.3 Å². The van der Waals surface area contributed by atoms with E-state index in [4.69, 9.17) is 12.2 Å². The van der Waals surface area contributed by atoms with E-state index in [2.05, 4.69) is 46.7 Å². The van der Waals surface area contributed by atoms with Crippen molar-refractivity contribution >= 4 is 17.3 Å². The first-order valence-electron chi connectivity index (χ1n) is 7.59. The Hall–Kier alpha value is -1.13. The predicted octanol–water partition coefficient (Wildman–Crippen LogP) is 2.18. The molecule has 1 atom stereocenters. The molecule has 0 unspecified atom stereocenters. The van der Waals surface area contributed by atoms with Gasteiger partial charge < -0.3 is 10.6 Å². The third-order valence-electron chi connectivity index (χ3n) is 3.95. The van der Waals surface area contributed by atoms with Gasteiger partial charge in [0.05, 0.1) is 0 Å². The van der Waals surface area contributed by atoms with Crippen molar-refractivity contribution in [2.75, 3.05) is 26.2 Å². The average molecular weight is 291 g/mol. The molecule has 3 nitrogen and oxygen atoms in total. The highest BCUT2D eigenvalue weighted by Crippen LogP contribution is 2.15. The van der Waals surface area contributed by atoms with Crippen molar-refractivity contribution in [3.05, 3.63) is 35.9 Å². The van der Waals surface area contributed by atoms with Gasteiger partial charge in [-0.15, -0.1) is 0 Å². The summed E-state index contributed by atoms with van der Waals surface area (Å²) in [5.74, 6) is 0. The van der Waals surface area contributed by atoms with Gasteiger partial charge >= 0.3 is 0 Å². The average Bonchev–Trinajstić information content (AvgIpc) is 2.94. The highest BCUT2D eigenvalue weighted by Gasteiger charge is 2.22. The van der Waals surface area contributed by atoms with Crippen molar-refractivity contribution in [2.45, 2.75) is 32.2 Å². The normalized spacial score (nSPS) is 18.9. The molecule has 110 valence electrons. The van der Waals surface area contributed by atoms with Crippen LogP contribution in [0, 0.1) is 0 Å². The lowest BCUT2D eigenvalue weighted by atomic mass is 10.1. The fraction of sp³-hybridized carbons (Fsp3) is 0.562. The van der Waals surface area contributed by atoms with E-state index in [0.717, 1.165) is 31.2 Å². The fourth-order valence-corrected chi connectivity index (χ4v) is 2.97. The molecule has 20 heavy (non-hydrogen) atoms. The first-order valence-corrected chi connectivity index (χ1v) is 8.00. The molecule has 0 aromatic heterocycles. The van der Waals surface area contributed by atoms with E-state index >= 15 is 0 Å². The first-order chi connectivity index (χ1) is 9.79. The molecule has 1 heterocycles. The summed E-state index contributed by atoms with van der Waals surface area (Å²) in [6.45, 7) is 6.45. The van der Waals surface area contributed by atoms with E-state index in [1.165, 1.54) is 24.9 Å². The zero-order chi connectivity index (χ0) is 14.2. The maximum atomic E-state index is 5.34. The second-order valence-corrected chi connectivity index (χ2v) is 5.71. The van der Waals surface area contributed by atoms with Gasteiger partial charge in [-0.2, -0.15) is 0 Å². The lowest BCUT2D eigenvalue weighted by molar-refractivity contribution is 0.267. The first kappa shape index (κ1) is 15.3. The minimum Gasteiger partial charge on any atom is -0.362 e. The highest BCUT2D eigenvalue weighted by atomic mass is 32.1. The van der Waals surface area contributed by atoms with Gasteiger partial charge in [-0.25, -0.2) is 0 Å². The number of hydrogen-bond acceptors (Lipinski definition) is 2. The van der Waals surface area contributed by atoms with Gasteiger partial charge in [-0.1, -0.05) is 37.3 Å². The van der Waals surface area contributed by atoms with Gasteiger partial charge in [0, 0.05) is 19.1 Å². The molecule has 0 amide bonds. The maximum absolute atomic E-state index is 5.34. The van der Waals surface area contributed by atoms with Crippen molar-refractivity contribution in [3.63, 3.8) is 0 Å². The summed E-state index contributed by atoms with van der Waals surface area (Å²) in [5.41, 5.74) is 1.34. The topological polar surface area (TPSA) is 27.3 Å². The molecule has 1 aliphatic heterocycles. The number of likely N-dealkylation sites (tertiary alicyclic amines) is 1. The molecule has 0 spiro atoms. The minimum atomic E-state index is 0.647. The molecular formula is C16H25N3S. The molecule has 1 saturated heterocycles. The van der Waals surface area contributed by atoms with E-state index in [1.54, 1.807) is 0 Å². The number of benzene rings is 1. The molecule has 1 aromatic carbocycles. The molecule has 2 N–H and O–H groups in total. The van der Waals surface area contributed by atoms with Crippen molar-refractivity contribution < 1.29 is 0 Å². The van der Waals surface area contributed by atoms with Crippen LogP contribution in [0.5, 0.6) is 0 Å². The van der Waals surface area contributed by atoms with Crippen LogP contribution in [-0.2, 0) is 6.42 Å². The summed E-state index contributed by atoms with van der Waals surface area (Å²) in [6.07, 6.45) is 3.61. The molecule has 0 radical (unpaired) electrons. The Balaban J connectivity index is 1.61. The number of thiocarbonyl (C=S) groups is 1. The van der Waals surface area contributed by atoms with Crippen LogP contribution in [0.15, 0.2) is 30.3 Å². The van der Waals surface area contributed by atoms with Crippen molar-refractivity contribution in [1.29, 1.82) is 0 Å². The van der Waals surface area contributed by atoms with E-state index in [0.29, 0.717) is 6.04 Å². The fourth-order valence-electron chi connectivity index (χ4n) is 2.78. The number of likely N-dealkylation sites (N-methyl/N-ethyl adjacent to an activating group) is 1. The SMILES string of the molecule is CCN1CCC[C@H]1CNC(=S)NCCc1ccccc1. The molecule has 2 rings (SSSR count). The Bertz CT molecular complexity index is 407. The second-order valence-electron chi connectivity index (χ2n) is 5.30. The third-order valence-corrected chi connectivity index (χ3v) is 4.23. The largest absolute Gasteiger partial charge is 0.362 e. The Kier molecular flexibility index (Phi) is 6.27. The van der Waals surface area contributed by atoms with Crippen LogP contribution in [0.4, 0.5) is 0 Å². The lowest BCUT2D eigenvalue weighted by Gasteiger charge is -2.23. The molecule has 0 bridgehead atoms. The van der Waals surface area contributed by atoms with Crippen LogP contribution >= 0.6 is 12.2 Å². The Morgan fingerprint density at radius 1 is 1.30 bits per heavy atom. The lowest BCUT2D eigenvalue weighted by Crippen LogP contribution is -2.44. The molecule has 0 aliphatic carbocycles. The summed E-state index contributed by atoms with van der Waals surface area (Å²) in [6, 6.07) is 11.1. The van der Waals surface area contributed by atoms with Crippen molar-refractivity contribution in [2.24, 2.45) is 0 Å². The summed E-state index contributed by atoms with van der Waals surface area (Å²) in [4.78, 5) is 2.53. The van der Waals surface area contributed by atoms with Crippen molar-refractivity contribution in [1.82, 2.24) is 15.5 Å². The van der Waals surface area contributed by atoms with Gasteiger partial charge in [-0.05, 0) is 50.1 Å². The quantitative estimate of drug-likeness (QED) is 0.786. The van der Waals surface area contributed by atoms with E-state index in [1.807, 2.05) is 6.07 Å². The predicted molar refractivity (Wildman–Crippen MR) is 89.0 cm³/mol. The Morgan fingerprint density at radius 2 is 2.10 bits per heavy atom. The summed E-state index contributed by atoms with van der Waals surface area (Å²) in [7, 11) is 0. The minimum absolute atomic E-state index is 0.647. The zero-order valence-electron chi connectivity index (χ0n) is 12.3. The Morgan fingerprint density at radius 3 is 2.85 bits per heavy atom. The van der Waals surface area contributed by atoms with Crippen LogP contribution in [0.3, 0.4) is 0 Å². The molecule has 1 fully saturated rings. The van der Waals surface area contributed by atoms with Gasteiger partial charge in [0.1, 0.15) is 0 Å². The number of nitrogens with one attached hydrogen (secondary N) is 2. The summed E-state index contributed by atoms with van der Waals surface area (Å²) in [5, 5.41) is 7.42.